The van der Waals surface area contributed by atoms with Crippen molar-refractivity contribution in [3.05, 3.63) is 106 Å². The summed E-state index contributed by atoms with van der Waals surface area (Å²) in [5.74, 6) is -1.67. The van der Waals surface area contributed by atoms with Crippen LogP contribution < -0.4 is 5.32 Å². The summed E-state index contributed by atoms with van der Waals surface area (Å²) in [6.07, 6.45) is 5.24. The van der Waals surface area contributed by atoms with E-state index in [2.05, 4.69) is 31.2 Å². The lowest BCUT2D eigenvalue weighted by molar-refractivity contribution is -0.147. The van der Waals surface area contributed by atoms with Gasteiger partial charge in [-0.2, -0.15) is 5.26 Å². The Balaban J connectivity index is 1.24. The fourth-order valence-corrected chi connectivity index (χ4v) is 8.34. The molecule has 2 aromatic carbocycles. The largest absolute Gasteiger partial charge is 0.481 e. The number of pyridine rings is 1. The number of nitriles is 1. The van der Waals surface area contributed by atoms with Crippen molar-refractivity contribution in [3.63, 3.8) is 0 Å². The second kappa shape index (κ2) is 14.5. The molecule has 4 atom stereocenters. The Morgan fingerprint density at radius 2 is 1.89 bits per heavy atom. The molecule has 0 bridgehead atoms. The van der Waals surface area contributed by atoms with Crippen LogP contribution in [-0.4, -0.2) is 78.2 Å². The van der Waals surface area contributed by atoms with E-state index in [9.17, 15) is 29.1 Å². The van der Waals surface area contributed by atoms with Gasteiger partial charge in [0.2, 0.25) is 5.89 Å². The number of fused-ring (bicyclic) bond motifs is 2. The number of rotatable bonds is 10. The Morgan fingerprint density at radius 3 is 2.61 bits per heavy atom. The van der Waals surface area contributed by atoms with Gasteiger partial charge in [0.1, 0.15) is 22.6 Å². The first-order chi connectivity index (χ1) is 26.9. The summed E-state index contributed by atoms with van der Waals surface area (Å²) in [6, 6.07) is 15.5. The van der Waals surface area contributed by atoms with Gasteiger partial charge >= 0.3 is 5.97 Å². The number of aromatic nitrogens is 4. The molecule has 2 saturated heterocycles. The summed E-state index contributed by atoms with van der Waals surface area (Å²) in [5, 5.41) is 33.6. The molecular formula is C42H42F2N8O4. The van der Waals surface area contributed by atoms with Gasteiger partial charge in [0, 0.05) is 44.8 Å². The van der Waals surface area contributed by atoms with Crippen molar-refractivity contribution in [2.75, 3.05) is 31.5 Å². The van der Waals surface area contributed by atoms with Crippen LogP contribution in [0.4, 0.5) is 14.6 Å². The monoisotopic (exact) mass is 760 g/mol. The van der Waals surface area contributed by atoms with Gasteiger partial charge in [-0.3, -0.25) is 19.6 Å². The van der Waals surface area contributed by atoms with Crippen molar-refractivity contribution >= 4 is 39.5 Å². The third-order valence-electron chi connectivity index (χ3n) is 11.5. The Labute approximate surface area is 322 Å². The van der Waals surface area contributed by atoms with Crippen LogP contribution in [-0.2, 0) is 23.4 Å². The van der Waals surface area contributed by atoms with E-state index in [4.69, 9.17) is 14.4 Å². The standard InChI is InChI=1S/C42H42F2N8O4/c1-24-7-4-5-8-30(24)31-9-6-11-42(25(31)2,39-48-33-16-26(15-28(18-45)35(33)56-39)20-52-14-12-41(3,23-52)40(54)55)50-37-34-32(47-38(49-37)36(43)44)17-27(19-46-34)21-51-13-10-29(53)22-51/h4-9,11,15-17,19,25,29,36,53H,10,12-14,20-23H2,1-3H3,(H,54,55)(H,47,49,50)/t25?,29-,41?,42?/m1/s1. The van der Waals surface area contributed by atoms with E-state index in [-0.39, 0.29) is 33.9 Å². The number of aryl methyl sites for hydroxylation is 1. The number of nitrogens with zero attached hydrogens (tertiary/aromatic N) is 7. The van der Waals surface area contributed by atoms with Crippen molar-refractivity contribution < 1.29 is 28.2 Å². The predicted molar refractivity (Wildman–Crippen MR) is 205 cm³/mol. The third kappa shape index (κ3) is 6.80. The zero-order chi connectivity index (χ0) is 39.4. The number of nitrogens with one attached hydrogen (secondary N) is 1. The van der Waals surface area contributed by atoms with Crippen molar-refractivity contribution in [1.29, 1.82) is 5.26 Å². The molecule has 12 nitrogen and oxygen atoms in total. The second-order valence-corrected chi connectivity index (χ2v) is 15.6. The summed E-state index contributed by atoms with van der Waals surface area (Å²) < 4.78 is 35.6. The zero-order valence-electron chi connectivity index (χ0n) is 31.3. The number of carboxylic acids is 1. The fourth-order valence-electron chi connectivity index (χ4n) is 8.34. The molecular weight excluding hydrogens is 719 g/mol. The van der Waals surface area contributed by atoms with Crippen molar-refractivity contribution in [2.45, 2.75) is 64.8 Å². The number of oxazole rings is 1. The van der Waals surface area contributed by atoms with Gasteiger partial charge in [0.05, 0.1) is 22.6 Å². The number of hydrogen-bond donors (Lipinski definition) is 3. The highest BCUT2D eigenvalue weighted by molar-refractivity contribution is 5.87. The lowest BCUT2D eigenvalue weighted by Crippen LogP contribution is -2.42. The topological polar surface area (TPSA) is 165 Å². The highest BCUT2D eigenvalue weighted by Gasteiger charge is 2.46. The highest BCUT2D eigenvalue weighted by Crippen LogP contribution is 2.46. The molecule has 288 valence electrons. The average Bonchev–Trinajstić information content (AvgIpc) is 3.91. The maximum Gasteiger partial charge on any atom is 0.310 e. The first-order valence-electron chi connectivity index (χ1n) is 18.7. The number of carboxylic acid groups (broad SMARTS) is 1. The number of aliphatic carboxylic acids is 1. The number of aliphatic hydroxyl groups is 1. The Hall–Kier alpha value is -5.62. The molecule has 3 aliphatic rings. The maximum absolute atomic E-state index is 14.5. The van der Waals surface area contributed by atoms with Gasteiger partial charge in [0.25, 0.3) is 6.43 Å². The number of likely N-dealkylation sites (tertiary alicyclic amines) is 2. The first-order valence-corrected chi connectivity index (χ1v) is 18.7. The van der Waals surface area contributed by atoms with Crippen LogP contribution in [0.2, 0.25) is 0 Å². The number of hydrogen-bond acceptors (Lipinski definition) is 11. The zero-order valence-corrected chi connectivity index (χ0v) is 31.3. The second-order valence-electron chi connectivity index (χ2n) is 15.6. The minimum atomic E-state index is -2.97. The van der Waals surface area contributed by atoms with Gasteiger partial charge < -0.3 is 19.9 Å². The quantitative estimate of drug-likeness (QED) is 0.138. The van der Waals surface area contributed by atoms with E-state index < -0.39 is 41.2 Å². The van der Waals surface area contributed by atoms with E-state index >= 15 is 0 Å². The lowest BCUT2D eigenvalue weighted by atomic mass is 9.73. The summed E-state index contributed by atoms with van der Waals surface area (Å²) in [6.45, 7) is 8.87. The van der Waals surface area contributed by atoms with Crippen LogP contribution in [0.3, 0.4) is 0 Å². The third-order valence-corrected chi connectivity index (χ3v) is 11.5. The molecule has 5 heterocycles. The van der Waals surface area contributed by atoms with Crippen LogP contribution in [0.25, 0.3) is 27.7 Å². The smallest absolute Gasteiger partial charge is 0.310 e. The fraction of sp³-hybridized carbons (Fsp3) is 0.381. The first kappa shape index (κ1) is 37.3. The van der Waals surface area contributed by atoms with Crippen molar-refractivity contribution in [3.8, 4) is 6.07 Å². The molecule has 0 saturated carbocycles. The molecule has 2 fully saturated rings. The number of halogens is 2. The van der Waals surface area contributed by atoms with E-state index in [1.807, 2.05) is 62.4 Å². The van der Waals surface area contributed by atoms with Crippen LogP contribution in [0.5, 0.6) is 0 Å². The Morgan fingerprint density at radius 1 is 1.11 bits per heavy atom. The molecule has 0 spiro atoms. The minimum absolute atomic E-state index is 0.0648. The van der Waals surface area contributed by atoms with Gasteiger partial charge in [-0.1, -0.05) is 43.3 Å². The van der Waals surface area contributed by atoms with Crippen LogP contribution >= 0.6 is 0 Å². The molecule has 3 aromatic heterocycles. The lowest BCUT2D eigenvalue weighted by Gasteiger charge is -2.39. The number of alkyl halides is 2. The minimum Gasteiger partial charge on any atom is -0.481 e. The van der Waals surface area contributed by atoms with Gasteiger partial charge in [-0.15, -0.1) is 0 Å². The Bertz CT molecular complexity index is 2460. The molecule has 56 heavy (non-hydrogen) atoms. The van der Waals surface area contributed by atoms with Crippen LogP contribution in [0, 0.1) is 29.6 Å². The number of aliphatic hydroxyl groups excluding tert-OH is 1. The molecule has 3 N–H and O–H groups in total. The molecule has 2 aliphatic heterocycles. The molecule has 8 rings (SSSR count). The van der Waals surface area contributed by atoms with Gasteiger partial charge in [0.15, 0.2) is 17.2 Å². The SMILES string of the molecule is Cc1ccccc1C1=CC=CC(Nc2nc(C(F)F)nc3cc(CN4CC[C@@H](O)C4)cnc23)(c2nc3cc(CN4CCC(C)(C(=O)O)C4)cc(C#N)c3o2)C1C. The average molecular weight is 761 g/mol. The maximum atomic E-state index is 14.5. The summed E-state index contributed by atoms with van der Waals surface area (Å²) in [7, 11) is 0. The van der Waals surface area contributed by atoms with E-state index in [1.165, 1.54) is 0 Å². The number of allylic oxidation sites excluding steroid dienone is 2. The summed E-state index contributed by atoms with van der Waals surface area (Å²) in [4.78, 5) is 34.3. The van der Waals surface area contributed by atoms with Crippen LogP contribution in [0.15, 0.2) is 71.3 Å². The molecule has 3 unspecified atom stereocenters. The predicted octanol–water partition coefficient (Wildman–Crippen LogP) is 6.74. The van der Waals surface area contributed by atoms with Gasteiger partial charge in [-0.25, -0.2) is 23.7 Å². The number of carbonyl (C=O) groups is 1. The Kier molecular flexibility index (Phi) is 9.64. The van der Waals surface area contributed by atoms with E-state index in [0.29, 0.717) is 57.6 Å². The number of benzene rings is 2. The molecule has 5 aromatic rings. The van der Waals surface area contributed by atoms with Crippen molar-refractivity contribution in [2.24, 2.45) is 11.3 Å². The summed E-state index contributed by atoms with van der Waals surface area (Å²) >= 11 is 0. The number of anilines is 1. The molecule has 1 aliphatic carbocycles. The van der Waals surface area contributed by atoms with Gasteiger partial charge in [-0.05, 0) is 85.3 Å². The number of β-amino-alcohol motifs (C(OH)–C–C–N with tert-alkyl or cyclic N) is 1. The van der Waals surface area contributed by atoms with Crippen LogP contribution in [0.1, 0.15) is 72.6 Å². The van der Waals surface area contributed by atoms with E-state index in [1.54, 1.807) is 25.3 Å². The van der Waals surface area contributed by atoms with Crippen molar-refractivity contribution in [1.82, 2.24) is 29.7 Å². The van der Waals surface area contributed by atoms with E-state index in [0.717, 1.165) is 27.8 Å². The summed E-state index contributed by atoms with van der Waals surface area (Å²) in [5.41, 5.74) is 3.83. The molecule has 0 radical (unpaired) electrons. The highest BCUT2D eigenvalue weighted by atomic mass is 19.3. The molecule has 14 heteroatoms. The normalized spacial score (nSPS) is 24.3. The molecule has 0 amide bonds.